The third kappa shape index (κ3) is 7.81. The highest BCUT2D eigenvalue weighted by Gasteiger charge is 2.42. The molecule has 9 nitrogen and oxygen atoms in total. The van der Waals surface area contributed by atoms with Crippen molar-refractivity contribution in [3.63, 3.8) is 0 Å². The molecule has 0 unspecified atom stereocenters. The molecule has 1 fully saturated rings. The Morgan fingerprint density at radius 2 is 1.64 bits per heavy atom. The smallest absolute Gasteiger partial charge is 0.265 e. The van der Waals surface area contributed by atoms with Crippen molar-refractivity contribution in [3.05, 3.63) is 41.5 Å². The van der Waals surface area contributed by atoms with Crippen molar-refractivity contribution >= 4 is 45.4 Å². The molecule has 1 aliphatic heterocycles. The van der Waals surface area contributed by atoms with Crippen LogP contribution in [0.1, 0.15) is 59.9 Å². The number of hydrogen-bond acceptors (Lipinski definition) is 9. The van der Waals surface area contributed by atoms with Crippen molar-refractivity contribution in [2.45, 2.75) is 82.1 Å². The molecule has 4 aromatic rings. The number of sulfone groups is 1. The SMILES string of the molecule is COCCOc1cc(-c2nc(OC)c3c(N4CCCC(F)(F)C4)nc(S(C)(=O)=O)nc3c2F)c2c(C#C[Si](C(C)C)(C(C)C)C(C)C)c(F)ccc2c1. The van der Waals surface area contributed by atoms with E-state index in [-0.39, 0.29) is 88.5 Å². The maximum absolute atomic E-state index is 17.3. The summed E-state index contributed by atoms with van der Waals surface area (Å²) < 4.78 is 105. The summed E-state index contributed by atoms with van der Waals surface area (Å²) in [6.45, 7) is 12.6. The first-order valence-corrected chi connectivity index (χ1v) is 21.7. The minimum Gasteiger partial charge on any atom is -0.491 e. The fourth-order valence-electron chi connectivity index (χ4n) is 7.62. The topological polar surface area (TPSA) is 104 Å². The van der Waals surface area contributed by atoms with Crippen LogP contribution in [0.15, 0.2) is 29.4 Å². The summed E-state index contributed by atoms with van der Waals surface area (Å²) >= 11 is 0. The molecular formula is C38H46F4N4O5SSi. The second-order valence-electron chi connectivity index (χ2n) is 14.5. The summed E-state index contributed by atoms with van der Waals surface area (Å²) in [5.41, 5.74) is 3.54. The summed E-state index contributed by atoms with van der Waals surface area (Å²) in [5.74, 6) is -1.81. The Balaban J connectivity index is 1.91. The number of hydrogen-bond donors (Lipinski definition) is 0. The molecule has 2 aromatic heterocycles. The number of alkyl halides is 2. The molecule has 1 aliphatic rings. The van der Waals surface area contributed by atoms with Crippen LogP contribution < -0.4 is 14.4 Å². The molecule has 0 saturated carbocycles. The van der Waals surface area contributed by atoms with Gasteiger partial charge >= 0.3 is 0 Å². The van der Waals surface area contributed by atoms with Gasteiger partial charge in [-0.05, 0) is 46.6 Å². The first kappa shape index (κ1) is 40.2. The summed E-state index contributed by atoms with van der Waals surface area (Å²) in [6, 6.07) is 6.03. The molecule has 0 N–H and O–H groups in total. The maximum Gasteiger partial charge on any atom is 0.265 e. The number of nitrogens with zero attached hydrogens (tertiary/aromatic N) is 4. The summed E-state index contributed by atoms with van der Waals surface area (Å²) in [6.07, 6.45) is 0.553. The molecule has 286 valence electrons. The van der Waals surface area contributed by atoms with Gasteiger partial charge in [0.15, 0.2) is 5.82 Å². The van der Waals surface area contributed by atoms with E-state index >= 15 is 8.78 Å². The number of rotatable bonds is 11. The monoisotopic (exact) mass is 774 g/mol. The van der Waals surface area contributed by atoms with Crippen LogP contribution in [0.4, 0.5) is 23.4 Å². The largest absolute Gasteiger partial charge is 0.491 e. The van der Waals surface area contributed by atoms with Gasteiger partial charge in [0.05, 0.1) is 25.8 Å². The molecule has 0 spiro atoms. The van der Waals surface area contributed by atoms with E-state index in [9.17, 15) is 17.2 Å². The van der Waals surface area contributed by atoms with Gasteiger partial charge in [-0.2, -0.15) is 0 Å². The molecule has 3 heterocycles. The van der Waals surface area contributed by atoms with Crippen molar-refractivity contribution in [3.8, 4) is 34.4 Å². The van der Waals surface area contributed by atoms with Gasteiger partial charge < -0.3 is 19.1 Å². The van der Waals surface area contributed by atoms with Crippen molar-refractivity contribution in [2.24, 2.45) is 0 Å². The van der Waals surface area contributed by atoms with Crippen molar-refractivity contribution in [1.29, 1.82) is 0 Å². The van der Waals surface area contributed by atoms with Gasteiger partial charge in [-0.3, -0.25) is 0 Å². The number of anilines is 1. The van der Waals surface area contributed by atoms with Gasteiger partial charge in [-0.25, -0.2) is 40.9 Å². The fourth-order valence-corrected chi connectivity index (χ4v) is 13.3. The van der Waals surface area contributed by atoms with E-state index < -0.39 is 52.7 Å². The molecule has 53 heavy (non-hydrogen) atoms. The number of methoxy groups -OCH3 is 2. The van der Waals surface area contributed by atoms with Crippen molar-refractivity contribution < 1.29 is 40.2 Å². The molecule has 0 bridgehead atoms. The Morgan fingerprint density at radius 1 is 0.962 bits per heavy atom. The highest BCUT2D eigenvalue weighted by atomic mass is 32.2. The third-order valence-corrected chi connectivity index (χ3v) is 17.2. The Bertz CT molecular complexity index is 2180. The number of piperidine rings is 1. The number of halogens is 4. The number of benzene rings is 2. The van der Waals surface area contributed by atoms with Crippen LogP contribution >= 0.6 is 0 Å². The van der Waals surface area contributed by atoms with Crippen molar-refractivity contribution in [1.82, 2.24) is 15.0 Å². The molecule has 5 rings (SSSR count). The molecular weight excluding hydrogens is 729 g/mol. The van der Waals surface area contributed by atoms with Crippen LogP contribution in [0.25, 0.3) is 32.9 Å². The molecule has 0 amide bonds. The highest BCUT2D eigenvalue weighted by Crippen LogP contribution is 2.44. The lowest BCUT2D eigenvalue weighted by Crippen LogP contribution is -2.43. The van der Waals surface area contributed by atoms with E-state index in [0.29, 0.717) is 11.1 Å². The zero-order chi connectivity index (χ0) is 39.0. The Kier molecular flexibility index (Phi) is 11.7. The zero-order valence-corrected chi connectivity index (χ0v) is 33.4. The minimum atomic E-state index is -4.17. The number of fused-ring (bicyclic) bond motifs is 2. The van der Waals surface area contributed by atoms with Gasteiger partial charge in [0.1, 0.15) is 48.7 Å². The van der Waals surface area contributed by atoms with Gasteiger partial charge in [0.25, 0.3) is 5.92 Å². The maximum atomic E-state index is 17.3. The molecule has 0 atom stereocenters. The Morgan fingerprint density at radius 3 is 2.23 bits per heavy atom. The zero-order valence-electron chi connectivity index (χ0n) is 31.5. The van der Waals surface area contributed by atoms with Crippen molar-refractivity contribution in [2.75, 3.05) is 51.7 Å². The van der Waals surface area contributed by atoms with Crippen LogP contribution in [-0.2, 0) is 14.6 Å². The van der Waals surface area contributed by atoms with Crippen LogP contribution in [0.3, 0.4) is 0 Å². The van der Waals surface area contributed by atoms with Crippen LogP contribution in [-0.4, -0.2) is 84.1 Å². The van der Waals surface area contributed by atoms with Crippen LogP contribution in [0, 0.1) is 23.1 Å². The predicted octanol–water partition coefficient (Wildman–Crippen LogP) is 8.37. The second-order valence-corrected chi connectivity index (χ2v) is 22.0. The second kappa shape index (κ2) is 15.4. The molecule has 0 aliphatic carbocycles. The lowest BCUT2D eigenvalue weighted by atomic mass is 9.95. The van der Waals surface area contributed by atoms with E-state index in [4.69, 9.17) is 14.2 Å². The molecule has 1 saturated heterocycles. The van der Waals surface area contributed by atoms with E-state index in [1.807, 2.05) is 0 Å². The normalized spacial score (nSPS) is 15.1. The summed E-state index contributed by atoms with van der Waals surface area (Å²) in [7, 11) is -3.77. The fraction of sp³-hybridized carbons (Fsp3) is 0.500. The number of aromatic nitrogens is 3. The lowest BCUT2D eigenvalue weighted by Gasteiger charge is -2.38. The van der Waals surface area contributed by atoms with E-state index in [1.165, 1.54) is 37.3 Å². The number of ether oxygens (including phenoxy) is 3. The van der Waals surface area contributed by atoms with Gasteiger partial charge in [-0.15, -0.1) is 5.54 Å². The molecule has 0 radical (unpaired) electrons. The predicted molar refractivity (Wildman–Crippen MR) is 202 cm³/mol. The van der Waals surface area contributed by atoms with E-state index in [2.05, 4.69) is 68.0 Å². The Hall–Kier alpha value is -4.00. The first-order valence-electron chi connectivity index (χ1n) is 17.6. The molecule has 15 heteroatoms. The van der Waals surface area contributed by atoms with Gasteiger partial charge in [0, 0.05) is 37.3 Å². The average molecular weight is 775 g/mol. The quantitative estimate of drug-likeness (QED) is 0.0489. The van der Waals surface area contributed by atoms with Crippen LogP contribution in [0.2, 0.25) is 16.6 Å². The Labute approximate surface area is 309 Å². The summed E-state index contributed by atoms with van der Waals surface area (Å²) in [4.78, 5) is 14.0. The standard InChI is InChI=1S/C38H46F4N4O5SSi/c1-22(2)53(23(3)4,24(5)6)18-13-27-29(39)12-11-25-19-26(51-17-16-49-7)20-28(30(25)27)33-32(40)34-31(36(43-33)50-8)35(45-37(44-34)52(9,47)48)46-15-10-14-38(41,42)21-46/h11-12,19-20,22-24H,10,14-17,21H2,1-9H3. The third-order valence-electron chi connectivity index (χ3n) is 10.1. The number of pyridine rings is 1. The van der Waals surface area contributed by atoms with Crippen LogP contribution in [0.5, 0.6) is 11.6 Å². The molecule has 2 aromatic carbocycles. The first-order chi connectivity index (χ1) is 24.9. The van der Waals surface area contributed by atoms with Gasteiger partial charge in [0.2, 0.25) is 20.9 Å². The lowest BCUT2D eigenvalue weighted by molar-refractivity contribution is -0.0118. The summed E-state index contributed by atoms with van der Waals surface area (Å²) in [5, 5.41) is -0.216. The highest BCUT2D eigenvalue weighted by molar-refractivity contribution is 7.90. The van der Waals surface area contributed by atoms with E-state index in [0.717, 1.165) is 6.26 Å². The van der Waals surface area contributed by atoms with Gasteiger partial charge in [-0.1, -0.05) is 53.5 Å². The van der Waals surface area contributed by atoms with E-state index in [1.54, 1.807) is 6.07 Å². The average Bonchev–Trinajstić information content (AvgIpc) is 3.07. The minimum absolute atomic E-state index is 0.0378.